The van der Waals surface area contributed by atoms with Crippen molar-refractivity contribution in [1.82, 2.24) is 4.90 Å². The molecular weight excluding hydrogens is 226 g/mol. The van der Waals surface area contributed by atoms with Crippen LogP contribution in [-0.2, 0) is 9.53 Å². The largest absolute Gasteiger partial charge is 0.468 e. The van der Waals surface area contributed by atoms with E-state index >= 15 is 0 Å². The van der Waals surface area contributed by atoms with Crippen molar-refractivity contribution in [3.8, 4) is 0 Å². The van der Waals surface area contributed by atoms with Gasteiger partial charge in [0, 0.05) is 12.1 Å². The number of carbonyl (C=O) groups is 1. The van der Waals surface area contributed by atoms with Gasteiger partial charge in [-0.25, -0.2) is 0 Å². The molecule has 2 rings (SSSR count). The zero-order valence-electron chi connectivity index (χ0n) is 11.9. The average molecular weight is 253 g/mol. The summed E-state index contributed by atoms with van der Waals surface area (Å²) in [5.74, 6) is 0.741. The Labute approximate surface area is 111 Å². The van der Waals surface area contributed by atoms with E-state index in [2.05, 4.69) is 11.8 Å². The molecule has 104 valence electrons. The van der Waals surface area contributed by atoms with E-state index in [0.29, 0.717) is 18.6 Å². The van der Waals surface area contributed by atoms with Gasteiger partial charge in [-0.3, -0.25) is 9.69 Å². The maximum atomic E-state index is 11.6. The second kappa shape index (κ2) is 6.55. The third-order valence-electron chi connectivity index (χ3n) is 4.71. The summed E-state index contributed by atoms with van der Waals surface area (Å²) in [5, 5.41) is 0. The van der Waals surface area contributed by atoms with E-state index in [1.807, 2.05) is 0 Å². The topological polar surface area (TPSA) is 29.5 Å². The summed E-state index contributed by atoms with van der Waals surface area (Å²) >= 11 is 0. The van der Waals surface area contributed by atoms with Crippen molar-refractivity contribution >= 4 is 5.97 Å². The van der Waals surface area contributed by atoms with Crippen molar-refractivity contribution < 1.29 is 9.53 Å². The van der Waals surface area contributed by atoms with E-state index in [0.717, 1.165) is 5.92 Å². The highest BCUT2D eigenvalue weighted by Gasteiger charge is 2.32. The molecular formula is C15H27NO2. The summed E-state index contributed by atoms with van der Waals surface area (Å²) in [6.07, 6.45) is 10.4. The summed E-state index contributed by atoms with van der Waals surface area (Å²) < 4.78 is 4.88. The summed E-state index contributed by atoms with van der Waals surface area (Å²) in [5.41, 5.74) is 0. The fourth-order valence-corrected chi connectivity index (χ4v) is 3.71. The standard InChI is InChI=1S/C15H27NO2/c1-12-6-5-9-14(10-12)16(11-15(17)18-2)13-7-3-4-8-13/h12-14H,3-11H2,1-2H3. The molecule has 0 N–H and O–H groups in total. The maximum absolute atomic E-state index is 11.6. The van der Waals surface area contributed by atoms with E-state index in [9.17, 15) is 4.79 Å². The van der Waals surface area contributed by atoms with Gasteiger partial charge in [0.2, 0.25) is 0 Å². The lowest BCUT2D eigenvalue weighted by atomic mass is 9.85. The molecule has 2 saturated carbocycles. The molecule has 0 radical (unpaired) electrons. The molecule has 3 nitrogen and oxygen atoms in total. The predicted molar refractivity (Wildman–Crippen MR) is 72.4 cm³/mol. The number of nitrogens with zero attached hydrogens (tertiary/aromatic N) is 1. The van der Waals surface area contributed by atoms with E-state index in [4.69, 9.17) is 4.74 Å². The van der Waals surface area contributed by atoms with Gasteiger partial charge in [-0.15, -0.1) is 0 Å². The minimum atomic E-state index is -0.0693. The molecule has 2 unspecified atom stereocenters. The number of hydrogen-bond acceptors (Lipinski definition) is 3. The third-order valence-corrected chi connectivity index (χ3v) is 4.71. The molecule has 0 heterocycles. The molecule has 0 amide bonds. The monoisotopic (exact) mass is 253 g/mol. The summed E-state index contributed by atoms with van der Waals surface area (Å²) in [6, 6.07) is 1.23. The maximum Gasteiger partial charge on any atom is 0.319 e. The quantitative estimate of drug-likeness (QED) is 0.721. The van der Waals surface area contributed by atoms with Crippen molar-refractivity contribution in [2.24, 2.45) is 5.92 Å². The zero-order valence-corrected chi connectivity index (χ0v) is 11.9. The Kier molecular flexibility index (Phi) is 5.04. The first kappa shape index (κ1) is 13.9. The van der Waals surface area contributed by atoms with Gasteiger partial charge in [0.15, 0.2) is 0 Å². The van der Waals surface area contributed by atoms with Gasteiger partial charge in [0.05, 0.1) is 13.7 Å². The van der Waals surface area contributed by atoms with Crippen molar-refractivity contribution in [2.75, 3.05) is 13.7 Å². The summed E-state index contributed by atoms with van der Waals surface area (Å²) in [7, 11) is 1.50. The van der Waals surface area contributed by atoms with Crippen LogP contribution in [-0.4, -0.2) is 36.6 Å². The molecule has 0 bridgehead atoms. The number of hydrogen-bond donors (Lipinski definition) is 0. The Morgan fingerprint density at radius 2 is 1.78 bits per heavy atom. The van der Waals surface area contributed by atoms with Crippen LogP contribution in [0.4, 0.5) is 0 Å². The van der Waals surface area contributed by atoms with Crippen LogP contribution in [0.3, 0.4) is 0 Å². The minimum absolute atomic E-state index is 0.0693. The van der Waals surface area contributed by atoms with Gasteiger partial charge in [0.25, 0.3) is 0 Å². The molecule has 2 aliphatic rings. The fraction of sp³-hybridized carbons (Fsp3) is 0.933. The molecule has 2 atom stereocenters. The van der Waals surface area contributed by atoms with Crippen LogP contribution < -0.4 is 0 Å². The molecule has 0 saturated heterocycles. The van der Waals surface area contributed by atoms with Crippen molar-refractivity contribution in [3.05, 3.63) is 0 Å². The number of esters is 1. The number of methoxy groups -OCH3 is 1. The van der Waals surface area contributed by atoms with Crippen LogP contribution in [0.1, 0.15) is 58.3 Å². The number of ether oxygens (including phenoxy) is 1. The fourth-order valence-electron chi connectivity index (χ4n) is 3.71. The van der Waals surface area contributed by atoms with Crippen molar-refractivity contribution in [1.29, 1.82) is 0 Å². The smallest absolute Gasteiger partial charge is 0.319 e. The second-order valence-electron chi connectivity index (χ2n) is 6.11. The zero-order chi connectivity index (χ0) is 13.0. The number of rotatable bonds is 4. The molecule has 0 aromatic heterocycles. The Morgan fingerprint density at radius 1 is 1.11 bits per heavy atom. The van der Waals surface area contributed by atoms with Crippen LogP contribution in [0, 0.1) is 5.92 Å². The van der Waals surface area contributed by atoms with Gasteiger partial charge in [-0.1, -0.05) is 32.6 Å². The lowest BCUT2D eigenvalue weighted by Gasteiger charge is -2.39. The lowest BCUT2D eigenvalue weighted by molar-refractivity contribution is -0.143. The van der Waals surface area contributed by atoms with E-state index in [1.165, 1.54) is 58.5 Å². The van der Waals surface area contributed by atoms with Crippen molar-refractivity contribution in [3.63, 3.8) is 0 Å². The van der Waals surface area contributed by atoms with Gasteiger partial charge in [-0.05, 0) is 31.6 Å². The van der Waals surface area contributed by atoms with Crippen LogP contribution in [0.25, 0.3) is 0 Å². The molecule has 3 heteroatoms. The summed E-state index contributed by atoms with van der Waals surface area (Å²) in [6.45, 7) is 2.84. The van der Waals surface area contributed by atoms with Gasteiger partial charge >= 0.3 is 5.97 Å². The normalized spacial score (nSPS) is 29.7. The third kappa shape index (κ3) is 3.47. The molecule has 0 aliphatic heterocycles. The predicted octanol–water partition coefficient (Wildman–Crippen LogP) is 2.98. The lowest BCUT2D eigenvalue weighted by Crippen LogP contribution is -2.47. The average Bonchev–Trinajstić information content (AvgIpc) is 2.89. The van der Waals surface area contributed by atoms with Crippen molar-refractivity contribution in [2.45, 2.75) is 70.4 Å². The van der Waals surface area contributed by atoms with E-state index in [1.54, 1.807) is 0 Å². The first-order valence-corrected chi connectivity index (χ1v) is 7.53. The Hall–Kier alpha value is -0.570. The first-order chi connectivity index (χ1) is 8.70. The molecule has 0 spiro atoms. The Bertz CT molecular complexity index is 274. The van der Waals surface area contributed by atoms with E-state index < -0.39 is 0 Å². The van der Waals surface area contributed by atoms with Crippen LogP contribution in [0.15, 0.2) is 0 Å². The van der Waals surface area contributed by atoms with Gasteiger partial charge in [-0.2, -0.15) is 0 Å². The minimum Gasteiger partial charge on any atom is -0.468 e. The second-order valence-corrected chi connectivity index (χ2v) is 6.11. The highest BCUT2D eigenvalue weighted by molar-refractivity contribution is 5.71. The van der Waals surface area contributed by atoms with E-state index in [-0.39, 0.29) is 5.97 Å². The Morgan fingerprint density at radius 3 is 2.39 bits per heavy atom. The molecule has 18 heavy (non-hydrogen) atoms. The molecule has 0 aromatic carbocycles. The van der Waals surface area contributed by atoms with Crippen LogP contribution in [0.2, 0.25) is 0 Å². The van der Waals surface area contributed by atoms with Gasteiger partial charge < -0.3 is 4.74 Å². The highest BCUT2D eigenvalue weighted by atomic mass is 16.5. The highest BCUT2D eigenvalue weighted by Crippen LogP contribution is 2.32. The number of carbonyl (C=O) groups excluding carboxylic acids is 1. The SMILES string of the molecule is COC(=O)CN(C1CCCC1)C1CCCC(C)C1. The molecule has 2 aliphatic carbocycles. The van der Waals surface area contributed by atoms with Crippen LogP contribution >= 0.6 is 0 Å². The molecule has 0 aromatic rings. The first-order valence-electron chi connectivity index (χ1n) is 7.53. The summed E-state index contributed by atoms with van der Waals surface area (Å²) in [4.78, 5) is 14.1. The van der Waals surface area contributed by atoms with Crippen LogP contribution in [0.5, 0.6) is 0 Å². The Balaban J connectivity index is 2.00. The molecule has 2 fully saturated rings. The van der Waals surface area contributed by atoms with Gasteiger partial charge in [0.1, 0.15) is 0 Å².